The van der Waals surface area contributed by atoms with Crippen LogP contribution in [-0.4, -0.2) is 20.8 Å². The summed E-state index contributed by atoms with van der Waals surface area (Å²) in [5.74, 6) is 0.661. The number of nitro groups is 1. The van der Waals surface area contributed by atoms with Crippen LogP contribution in [0.1, 0.15) is 16.2 Å². The fourth-order valence-electron chi connectivity index (χ4n) is 2.67. The number of thiophene rings is 2. The van der Waals surface area contributed by atoms with E-state index in [4.69, 9.17) is 0 Å². The molecule has 0 atom stereocenters. The van der Waals surface area contributed by atoms with Crippen LogP contribution in [0.15, 0.2) is 47.2 Å². The first kappa shape index (κ1) is 18.0. The highest BCUT2D eigenvalue weighted by Crippen LogP contribution is 2.38. The van der Waals surface area contributed by atoms with Crippen LogP contribution in [0.3, 0.4) is 0 Å². The summed E-state index contributed by atoms with van der Waals surface area (Å²) in [6.07, 6.45) is 0. The number of carbonyl (C=O) groups excluding carboxylic acids is 1. The summed E-state index contributed by atoms with van der Waals surface area (Å²) < 4.78 is 0. The number of carbonyl (C=O) groups is 1. The third-order valence-corrected chi connectivity index (χ3v) is 5.74. The Balaban J connectivity index is 1.61. The van der Waals surface area contributed by atoms with Gasteiger partial charge in [-0.2, -0.15) is 0 Å². The predicted octanol–water partition coefficient (Wildman–Crippen LogP) is 4.39. The van der Waals surface area contributed by atoms with Crippen LogP contribution >= 0.6 is 22.7 Å². The molecule has 3 heterocycles. The Kier molecular flexibility index (Phi) is 4.72. The number of hydrazine groups is 1. The van der Waals surface area contributed by atoms with E-state index in [1.807, 2.05) is 22.9 Å². The molecule has 4 rings (SSSR count). The molecule has 4 aromatic rings. The first-order valence-corrected chi connectivity index (χ1v) is 9.89. The Bertz CT molecular complexity index is 1170. The quantitative estimate of drug-likeness (QED) is 0.372. The summed E-state index contributed by atoms with van der Waals surface area (Å²) in [6.45, 7) is 1.79. The normalized spacial score (nSPS) is 10.8. The number of benzene rings is 1. The molecular weight excluding hydrogens is 398 g/mol. The number of anilines is 1. The van der Waals surface area contributed by atoms with E-state index in [2.05, 4.69) is 20.8 Å². The number of rotatable bonds is 5. The number of non-ortho nitro benzene ring substituents is 1. The second-order valence-electron chi connectivity index (χ2n) is 5.81. The van der Waals surface area contributed by atoms with Crippen molar-refractivity contribution in [1.82, 2.24) is 15.4 Å². The van der Waals surface area contributed by atoms with Gasteiger partial charge in [0.2, 0.25) is 0 Å². The Labute approximate surface area is 167 Å². The molecule has 0 spiro atoms. The predicted molar refractivity (Wildman–Crippen MR) is 110 cm³/mol. The van der Waals surface area contributed by atoms with Crippen LogP contribution in [0.5, 0.6) is 0 Å². The average Bonchev–Trinajstić information content (AvgIpc) is 3.35. The first-order valence-electron chi connectivity index (χ1n) is 8.13. The molecule has 0 aliphatic carbocycles. The van der Waals surface area contributed by atoms with E-state index in [1.54, 1.807) is 18.3 Å². The fourth-order valence-corrected chi connectivity index (χ4v) is 4.48. The summed E-state index contributed by atoms with van der Waals surface area (Å²) in [7, 11) is 0. The minimum Gasteiger partial charge on any atom is -0.281 e. The van der Waals surface area contributed by atoms with Gasteiger partial charge < -0.3 is 0 Å². The summed E-state index contributed by atoms with van der Waals surface area (Å²) in [5.41, 5.74) is 6.71. The van der Waals surface area contributed by atoms with Crippen molar-refractivity contribution in [2.75, 3.05) is 5.43 Å². The van der Waals surface area contributed by atoms with Gasteiger partial charge in [0.25, 0.3) is 11.6 Å². The standard InChI is InChI=1S/C18H13N5O3S2/c1-10-19-16(15-13(9-28-18(15)20-10)14-3-2-8-27-14)21-22-17(24)11-4-6-12(7-5-11)23(25)26/h2-9H,1H3,(H,22,24)(H,19,20,21). The van der Waals surface area contributed by atoms with Gasteiger partial charge in [0.1, 0.15) is 10.7 Å². The molecule has 28 heavy (non-hydrogen) atoms. The van der Waals surface area contributed by atoms with Crippen molar-refractivity contribution in [2.45, 2.75) is 6.92 Å². The zero-order valence-corrected chi connectivity index (χ0v) is 16.1. The van der Waals surface area contributed by atoms with Gasteiger partial charge in [0.05, 0.1) is 10.3 Å². The summed E-state index contributed by atoms with van der Waals surface area (Å²) >= 11 is 3.13. The molecule has 0 bridgehead atoms. The second-order valence-corrected chi connectivity index (χ2v) is 7.62. The van der Waals surface area contributed by atoms with Gasteiger partial charge in [-0.15, -0.1) is 22.7 Å². The average molecular weight is 411 g/mol. The van der Waals surface area contributed by atoms with Crippen LogP contribution in [0.25, 0.3) is 20.7 Å². The van der Waals surface area contributed by atoms with Crippen LogP contribution in [0, 0.1) is 17.0 Å². The van der Waals surface area contributed by atoms with E-state index >= 15 is 0 Å². The molecule has 0 aliphatic rings. The van der Waals surface area contributed by atoms with Crippen LogP contribution < -0.4 is 10.9 Å². The summed E-state index contributed by atoms with van der Waals surface area (Å²) in [6, 6.07) is 9.37. The van der Waals surface area contributed by atoms with Crippen molar-refractivity contribution in [1.29, 1.82) is 0 Å². The molecule has 0 saturated heterocycles. The molecule has 0 fully saturated rings. The lowest BCUT2D eigenvalue weighted by atomic mass is 10.2. The maximum absolute atomic E-state index is 12.4. The second kappa shape index (κ2) is 7.33. The third kappa shape index (κ3) is 3.42. The zero-order valence-electron chi connectivity index (χ0n) is 14.5. The largest absolute Gasteiger partial charge is 0.281 e. The van der Waals surface area contributed by atoms with Gasteiger partial charge in [0, 0.05) is 33.5 Å². The Morgan fingerprint density at radius 3 is 2.61 bits per heavy atom. The SMILES string of the molecule is Cc1nc(NNC(=O)c2ccc([N+](=O)[O-])cc2)c2c(-c3cccs3)csc2n1. The van der Waals surface area contributed by atoms with Crippen molar-refractivity contribution in [3.8, 4) is 10.4 Å². The molecule has 0 saturated carbocycles. The fraction of sp³-hybridized carbons (Fsp3) is 0.0556. The molecule has 1 aromatic carbocycles. The number of aromatic nitrogens is 2. The smallest absolute Gasteiger partial charge is 0.269 e. The minimum absolute atomic E-state index is 0.0727. The Morgan fingerprint density at radius 2 is 1.93 bits per heavy atom. The lowest BCUT2D eigenvalue weighted by molar-refractivity contribution is -0.384. The molecule has 10 heteroatoms. The molecule has 0 unspecified atom stereocenters. The lowest BCUT2D eigenvalue weighted by Crippen LogP contribution is -2.30. The van der Waals surface area contributed by atoms with Gasteiger partial charge in [-0.25, -0.2) is 9.97 Å². The number of nitrogens with zero attached hydrogens (tertiary/aromatic N) is 3. The molecule has 8 nitrogen and oxygen atoms in total. The first-order chi connectivity index (χ1) is 13.5. The van der Waals surface area contributed by atoms with Crippen molar-refractivity contribution in [3.05, 3.63) is 68.7 Å². The highest BCUT2D eigenvalue weighted by molar-refractivity contribution is 7.18. The molecule has 3 aromatic heterocycles. The van der Waals surface area contributed by atoms with Gasteiger partial charge >= 0.3 is 0 Å². The van der Waals surface area contributed by atoms with E-state index in [-0.39, 0.29) is 5.69 Å². The van der Waals surface area contributed by atoms with Crippen LogP contribution in [-0.2, 0) is 0 Å². The number of fused-ring (bicyclic) bond motifs is 1. The van der Waals surface area contributed by atoms with E-state index in [0.29, 0.717) is 17.2 Å². The number of nitrogens with one attached hydrogen (secondary N) is 2. The number of amides is 1. The van der Waals surface area contributed by atoms with Crippen LogP contribution in [0.2, 0.25) is 0 Å². The maximum Gasteiger partial charge on any atom is 0.269 e. The van der Waals surface area contributed by atoms with E-state index in [0.717, 1.165) is 20.7 Å². The Hall–Kier alpha value is -3.37. The van der Waals surface area contributed by atoms with Gasteiger partial charge in [-0.3, -0.25) is 25.8 Å². The van der Waals surface area contributed by atoms with Crippen molar-refractivity contribution >= 4 is 50.3 Å². The van der Waals surface area contributed by atoms with Crippen LogP contribution in [0.4, 0.5) is 11.5 Å². The van der Waals surface area contributed by atoms with E-state index in [9.17, 15) is 14.9 Å². The van der Waals surface area contributed by atoms with Gasteiger partial charge in [-0.1, -0.05) is 6.07 Å². The maximum atomic E-state index is 12.4. The highest BCUT2D eigenvalue weighted by atomic mass is 32.1. The van der Waals surface area contributed by atoms with E-state index < -0.39 is 10.8 Å². The van der Waals surface area contributed by atoms with Crippen molar-refractivity contribution in [3.63, 3.8) is 0 Å². The van der Waals surface area contributed by atoms with Gasteiger partial charge in [0.15, 0.2) is 5.82 Å². The van der Waals surface area contributed by atoms with Crippen molar-refractivity contribution in [2.24, 2.45) is 0 Å². The highest BCUT2D eigenvalue weighted by Gasteiger charge is 2.16. The monoisotopic (exact) mass is 411 g/mol. The minimum atomic E-state index is -0.511. The number of hydrogen-bond donors (Lipinski definition) is 2. The summed E-state index contributed by atoms with van der Waals surface area (Å²) in [4.78, 5) is 33.4. The molecule has 140 valence electrons. The molecule has 0 radical (unpaired) electrons. The molecule has 1 amide bonds. The third-order valence-electron chi connectivity index (χ3n) is 3.97. The molecular formula is C18H13N5O3S2. The van der Waals surface area contributed by atoms with Crippen molar-refractivity contribution < 1.29 is 9.72 Å². The summed E-state index contributed by atoms with van der Waals surface area (Å²) in [5, 5.41) is 15.6. The number of nitro benzene ring substituents is 1. The topological polar surface area (TPSA) is 110 Å². The molecule has 0 aliphatic heterocycles. The zero-order chi connectivity index (χ0) is 19.7. The van der Waals surface area contributed by atoms with E-state index in [1.165, 1.54) is 35.6 Å². The van der Waals surface area contributed by atoms with Gasteiger partial charge in [-0.05, 0) is 30.5 Å². The Morgan fingerprint density at radius 1 is 1.14 bits per heavy atom. The lowest BCUT2D eigenvalue weighted by Gasteiger charge is -2.10. The number of aryl methyl sites for hydroxylation is 1. The molecule has 2 N–H and O–H groups in total. The number of hydrogen-bond acceptors (Lipinski definition) is 8.